The van der Waals surface area contributed by atoms with Crippen molar-refractivity contribution < 1.29 is 17.9 Å². The highest BCUT2D eigenvalue weighted by Gasteiger charge is 2.24. The third-order valence-corrected chi connectivity index (χ3v) is 4.66. The summed E-state index contributed by atoms with van der Waals surface area (Å²) in [6.07, 6.45) is -0.0833. The minimum atomic E-state index is -3.65. The van der Waals surface area contributed by atoms with Crippen LogP contribution < -0.4 is 4.72 Å². The average molecular weight is 365 g/mol. The van der Waals surface area contributed by atoms with Crippen LogP contribution in [0.4, 0.5) is 0 Å². The van der Waals surface area contributed by atoms with Crippen molar-refractivity contribution in [2.45, 2.75) is 12.5 Å². The molecule has 0 saturated carbocycles. The van der Waals surface area contributed by atoms with Crippen LogP contribution in [0.25, 0.3) is 0 Å². The van der Waals surface area contributed by atoms with E-state index in [1.807, 2.05) is 6.07 Å². The van der Waals surface area contributed by atoms with E-state index in [2.05, 4.69) is 25.4 Å². The number of carbonyl (C=O) groups is 1. The fourth-order valence-electron chi connectivity index (χ4n) is 1.49. The second-order valence-electron chi connectivity index (χ2n) is 4.29. The van der Waals surface area contributed by atoms with Crippen LogP contribution in [0.15, 0.2) is 28.7 Å². The van der Waals surface area contributed by atoms with Crippen LogP contribution in [0.3, 0.4) is 0 Å². The van der Waals surface area contributed by atoms with Gasteiger partial charge in [-0.15, -0.1) is 0 Å². The summed E-state index contributed by atoms with van der Waals surface area (Å²) >= 11 is 3.32. The minimum absolute atomic E-state index is 0.0833. The predicted octanol–water partition coefficient (Wildman–Crippen LogP) is 1.45. The SMILES string of the molecule is COC(=O)C[C@@H](NS(=O)(=O)N(C)C)c1cccc(Br)c1. The second-order valence-corrected chi connectivity index (χ2v) is 7.12. The molecule has 1 aromatic rings. The largest absolute Gasteiger partial charge is 0.469 e. The van der Waals surface area contributed by atoms with Crippen LogP contribution in [0.1, 0.15) is 18.0 Å². The molecule has 0 radical (unpaired) electrons. The first-order chi connectivity index (χ1) is 9.26. The molecule has 112 valence electrons. The van der Waals surface area contributed by atoms with E-state index >= 15 is 0 Å². The predicted molar refractivity (Wildman–Crippen MR) is 79.3 cm³/mol. The molecule has 1 aromatic carbocycles. The van der Waals surface area contributed by atoms with E-state index in [4.69, 9.17) is 0 Å². The Morgan fingerprint density at radius 2 is 2.10 bits per heavy atom. The number of halogens is 1. The van der Waals surface area contributed by atoms with Crippen LogP contribution in [-0.4, -0.2) is 39.9 Å². The number of rotatable bonds is 6. The number of nitrogens with zero attached hydrogens (tertiary/aromatic N) is 1. The van der Waals surface area contributed by atoms with Crippen LogP contribution >= 0.6 is 15.9 Å². The first-order valence-corrected chi connectivity index (χ1v) is 8.01. The zero-order chi connectivity index (χ0) is 15.3. The van der Waals surface area contributed by atoms with E-state index < -0.39 is 22.2 Å². The molecule has 6 nitrogen and oxygen atoms in total. The maximum absolute atomic E-state index is 11.9. The molecule has 20 heavy (non-hydrogen) atoms. The topological polar surface area (TPSA) is 75.7 Å². The summed E-state index contributed by atoms with van der Waals surface area (Å²) in [5, 5.41) is 0. The summed E-state index contributed by atoms with van der Waals surface area (Å²) in [7, 11) is 0.443. The van der Waals surface area contributed by atoms with E-state index in [-0.39, 0.29) is 6.42 Å². The van der Waals surface area contributed by atoms with Gasteiger partial charge >= 0.3 is 5.97 Å². The fraction of sp³-hybridized carbons (Fsp3) is 0.417. The number of hydrogen-bond donors (Lipinski definition) is 1. The molecule has 0 heterocycles. The molecule has 1 atom stereocenters. The van der Waals surface area contributed by atoms with Gasteiger partial charge in [-0.1, -0.05) is 28.1 Å². The molecule has 8 heteroatoms. The van der Waals surface area contributed by atoms with Crippen LogP contribution in [-0.2, 0) is 19.7 Å². The third-order valence-electron chi connectivity index (χ3n) is 2.62. The highest BCUT2D eigenvalue weighted by molar-refractivity contribution is 9.10. The molecule has 1 N–H and O–H groups in total. The van der Waals surface area contributed by atoms with Crippen molar-refractivity contribution in [1.82, 2.24) is 9.03 Å². The van der Waals surface area contributed by atoms with Crippen molar-refractivity contribution in [3.63, 3.8) is 0 Å². The summed E-state index contributed by atoms with van der Waals surface area (Å²) in [5.74, 6) is -0.489. The molecule has 1 rings (SSSR count). The summed E-state index contributed by atoms with van der Waals surface area (Å²) in [4.78, 5) is 11.5. The molecule has 0 spiro atoms. The fourth-order valence-corrected chi connectivity index (χ4v) is 2.69. The number of hydrogen-bond acceptors (Lipinski definition) is 4. The van der Waals surface area contributed by atoms with Crippen molar-refractivity contribution in [2.24, 2.45) is 0 Å². The molecule has 0 bridgehead atoms. The number of benzene rings is 1. The lowest BCUT2D eigenvalue weighted by Gasteiger charge is -2.21. The summed E-state index contributed by atoms with van der Waals surface area (Å²) < 4.78 is 32.8. The number of esters is 1. The normalized spacial score (nSPS) is 13.2. The van der Waals surface area contributed by atoms with Crippen LogP contribution in [0.2, 0.25) is 0 Å². The van der Waals surface area contributed by atoms with Gasteiger partial charge in [0.2, 0.25) is 0 Å². The molecule has 0 unspecified atom stereocenters. The second kappa shape index (κ2) is 7.16. The van der Waals surface area contributed by atoms with E-state index in [0.717, 1.165) is 8.78 Å². The van der Waals surface area contributed by atoms with Gasteiger partial charge in [-0.3, -0.25) is 4.79 Å². The Labute approximate surface area is 127 Å². The van der Waals surface area contributed by atoms with E-state index in [1.54, 1.807) is 18.2 Å². The van der Waals surface area contributed by atoms with Crippen LogP contribution in [0.5, 0.6) is 0 Å². The smallest absolute Gasteiger partial charge is 0.307 e. The van der Waals surface area contributed by atoms with Gasteiger partial charge in [0.1, 0.15) is 0 Å². The monoisotopic (exact) mass is 364 g/mol. The van der Waals surface area contributed by atoms with Gasteiger partial charge in [-0.2, -0.15) is 17.4 Å². The van der Waals surface area contributed by atoms with Crippen molar-refractivity contribution in [1.29, 1.82) is 0 Å². The van der Waals surface area contributed by atoms with Gasteiger partial charge in [-0.05, 0) is 17.7 Å². The Hall–Kier alpha value is -0.960. The van der Waals surface area contributed by atoms with Crippen LogP contribution in [0, 0.1) is 0 Å². The van der Waals surface area contributed by atoms with E-state index in [0.29, 0.717) is 5.56 Å². The Balaban J connectivity index is 3.06. The molecular formula is C12H17BrN2O4S. The maximum atomic E-state index is 11.9. The average Bonchev–Trinajstić information content (AvgIpc) is 2.37. The van der Waals surface area contributed by atoms with E-state index in [9.17, 15) is 13.2 Å². The maximum Gasteiger partial charge on any atom is 0.307 e. The Morgan fingerprint density at radius 3 is 2.60 bits per heavy atom. The Kier molecular flexibility index (Phi) is 6.12. The third kappa shape index (κ3) is 4.86. The van der Waals surface area contributed by atoms with Gasteiger partial charge in [0.25, 0.3) is 10.2 Å². The number of ether oxygens (including phenoxy) is 1. The quantitative estimate of drug-likeness (QED) is 0.775. The van der Waals surface area contributed by atoms with Crippen molar-refractivity contribution in [2.75, 3.05) is 21.2 Å². The lowest BCUT2D eigenvalue weighted by atomic mass is 10.1. The number of carbonyl (C=O) groups excluding carboxylic acids is 1. The van der Waals surface area contributed by atoms with Crippen molar-refractivity contribution in [3.05, 3.63) is 34.3 Å². The van der Waals surface area contributed by atoms with Crippen molar-refractivity contribution >= 4 is 32.1 Å². The van der Waals surface area contributed by atoms with Gasteiger partial charge in [0.15, 0.2) is 0 Å². The van der Waals surface area contributed by atoms with Gasteiger partial charge < -0.3 is 4.74 Å². The number of methoxy groups -OCH3 is 1. The summed E-state index contributed by atoms with van der Waals surface area (Å²) in [6, 6.07) is 6.40. The molecule has 0 aromatic heterocycles. The van der Waals surface area contributed by atoms with Gasteiger partial charge in [0, 0.05) is 18.6 Å². The molecule has 0 amide bonds. The molecule has 0 aliphatic rings. The standard InChI is InChI=1S/C12H17BrN2O4S/c1-15(2)20(17,18)14-11(8-12(16)19-3)9-5-4-6-10(13)7-9/h4-7,11,14H,8H2,1-3H3/t11-/m1/s1. The van der Waals surface area contributed by atoms with Gasteiger partial charge in [0.05, 0.1) is 19.6 Å². The molecule has 0 aliphatic carbocycles. The zero-order valence-corrected chi connectivity index (χ0v) is 13.9. The number of nitrogens with one attached hydrogen (secondary N) is 1. The highest BCUT2D eigenvalue weighted by Crippen LogP contribution is 2.22. The lowest BCUT2D eigenvalue weighted by molar-refractivity contribution is -0.141. The first-order valence-electron chi connectivity index (χ1n) is 5.78. The van der Waals surface area contributed by atoms with Crippen molar-refractivity contribution in [3.8, 4) is 0 Å². The summed E-state index contributed by atoms with van der Waals surface area (Å²) in [5.41, 5.74) is 0.676. The molecule has 0 fully saturated rings. The zero-order valence-electron chi connectivity index (χ0n) is 11.5. The molecule has 0 saturated heterocycles. The summed E-state index contributed by atoms with van der Waals surface area (Å²) in [6.45, 7) is 0. The first kappa shape index (κ1) is 17.1. The Bertz CT molecular complexity index is 575. The van der Waals surface area contributed by atoms with Gasteiger partial charge in [-0.25, -0.2) is 0 Å². The molecule has 0 aliphatic heterocycles. The Morgan fingerprint density at radius 1 is 1.45 bits per heavy atom. The minimum Gasteiger partial charge on any atom is -0.469 e. The van der Waals surface area contributed by atoms with E-state index in [1.165, 1.54) is 21.2 Å². The lowest BCUT2D eigenvalue weighted by Crippen LogP contribution is -2.38. The molecular weight excluding hydrogens is 348 g/mol. The highest BCUT2D eigenvalue weighted by atomic mass is 79.9.